The van der Waals surface area contributed by atoms with Gasteiger partial charge in [-0.05, 0) is 42.0 Å². The average molecular weight is 458 g/mol. The quantitative estimate of drug-likeness (QED) is 0.261. The van der Waals surface area contributed by atoms with E-state index < -0.39 is 27.8 Å². The number of esters is 1. The van der Waals surface area contributed by atoms with E-state index in [-0.39, 0.29) is 5.69 Å². The van der Waals surface area contributed by atoms with Crippen LogP contribution < -0.4 is 16.0 Å². The monoisotopic (exact) mass is 457 g/mol. The lowest BCUT2D eigenvalue weighted by Gasteiger charge is -2.05. The van der Waals surface area contributed by atoms with Gasteiger partial charge < -0.3 is 9.72 Å². The number of hydrogen-bond donors (Lipinski definition) is 2. The van der Waals surface area contributed by atoms with Crippen molar-refractivity contribution in [3.05, 3.63) is 101 Å². The molecule has 146 valence electrons. The van der Waals surface area contributed by atoms with E-state index in [2.05, 4.69) is 20.9 Å². The Morgan fingerprint density at radius 2 is 1.79 bits per heavy atom. The maximum absolute atomic E-state index is 12.1. The average Bonchev–Trinajstić information content (AvgIpc) is 2.66. The van der Waals surface area contributed by atoms with Crippen LogP contribution in [0.1, 0.15) is 21.6 Å². The first kappa shape index (κ1) is 20.0. The third kappa shape index (κ3) is 4.93. The van der Waals surface area contributed by atoms with Gasteiger partial charge in [-0.25, -0.2) is 9.59 Å². The number of nitrogens with zero attached hydrogens (tertiary/aromatic N) is 1. The Hall–Kier alpha value is -3.79. The van der Waals surface area contributed by atoms with Gasteiger partial charge in [0.1, 0.15) is 11.4 Å². The van der Waals surface area contributed by atoms with Crippen molar-refractivity contribution < 1.29 is 14.5 Å². The summed E-state index contributed by atoms with van der Waals surface area (Å²) in [4.78, 5) is 49.3. The summed E-state index contributed by atoms with van der Waals surface area (Å²) in [7, 11) is 0. The highest BCUT2D eigenvalue weighted by atomic mass is 79.9. The highest BCUT2D eigenvalue weighted by molar-refractivity contribution is 9.10. The van der Waals surface area contributed by atoms with Gasteiger partial charge in [0, 0.05) is 4.47 Å². The Morgan fingerprint density at radius 3 is 2.45 bits per heavy atom. The van der Waals surface area contributed by atoms with Crippen molar-refractivity contribution in [2.45, 2.75) is 0 Å². The second kappa shape index (κ2) is 8.48. The van der Waals surface area contributed by atoms with Gasteiger partial charge in [-0.1, -0.05) is 40.2 Å². The number of H-pyrrole nitrogens is 2. The van der Waals surface area contributed by atoms with Gasteiger partial charge in [0.25, 0.3) is 0 Å². The topological polar surface area (TPSA) is 135 Å². The number of benzene rings is 2. The van der Waals surface area contributed by atoms with Crippen molar-refractivity contribution >= 4 is 39.7 Å². The molecule has 29 heavy (non-hydrogen) atoms. The molecule has 3 rings (SSSR count). The van der Waals surface area contributed by atoms with Crippen molar-refractivity contribution in [2.75, 3.05) is 0 Å². The van der Waals surface area contributed by atoms with Gasteiger partial charge in [0.2, 0.25) is 0 Å². The maximum atomic E-state index is 12.1. The van der Waals surface area contributed by atoms with Gasteiger partial charge in [-0.3, -0.25) is 19.9 Å². The molecule has 0 saturated heterocycles. The van der Waals surface area contributed by atoms with Gasteiger partial charge in [-0.15, -0.1) is 0 Å². The number of aromatic nitrogens is 2. The van der Waals surface area contributed by atoms with Crippen LogP contribution in [0.5, 0.6) is 5.75 Å². The zero-order valence-electron chi connectivity index (χ0n) is 14.5. The number of aromatic amines is 2. The molecule has 10 heteroatoms. The van der Waals surface area contributed by atoms with Crippen molar-refractivity contribution in [1.29, 1.82) is 0 Å². The molecular weight excluding hydrogens is 446 g/mol. The van der Waals surface area contributed by atoms with Crippen molar-refractivity contribution in [2.24, 2.45) is 0 Å². The summed E-state index contributed by atoms with van der Waals surface area (Å²) in [6.45, 7) is 0. The highest BCUT2D eigenvalue weighted by Gasteiger charge is 2.18. The van der Waals surface area contributed by atoms with Crippen LogP contribution >= 0.6 is 15.9 Å². The molecular formula is C19H12BrN3O6. The number of ether oxygens (including phenoxy) is 1. The largest absolute Gasteiger partial charge is 0.423 e. The van der Waals surface area contributed by atoms with Gasteiger partial charge in [0.05, 0.1) is 10.5 Å². The summed E-state index contributed by atoms with van der Waals surface area (Å²) in [5.41, 5.74) is -1.95. The first-order valence-electron chi connectivity index (χ1n) is 8.10. The second-order valence-electron chi connectivity index (χ2n) is 5.73. The lowest BCUT2D eigenvalue weighted by Crippen LogP contribution is -2.25. The van der Waals surface area contributed by atoms with Crippen LogP contribution in [0.2, 0.25) is 0 Å². The summed E-state index contributed by atoms with van der Waals surface area (Å²) in [6.07, 6.45) is 2.72. The summed E-state index contributed by atoms with van der Waals surface area (Å²) in [5.74, 6) is -0.214. The molecule has 0 aliphatic heterocycles. The Bertz CT molecular complexity index is 1230. The van der Waals surface area contributed by atoms with Crippen LogP contribution in [-0.4, -0.2) is 20.9 Å². The van der Waals surface area contributed by atoms with Crippen molar-refractivity contribution in [3.63, 3.8) is 0 Å². The lowest BCUT2D eigenvalue weighted by atomic mass is 10.2. The highest BCUT2D eigenvalue weighted by Crippen LogP contribution is 2.18. The minimum Gasteiger partial charge on any atom is -0.423 e. The predicted octanol–water partition coefficient (Wildman–Crippen LogP) is 3.12. The minimum atomic E-state index is -1.09. The minimum absolute atomic E-state index is 0.228. The fourth-order valence-corrected chi connectivity index (χ4v) is 2.81. The second-order valence-corrected chi connectivity index (χ2v) is 6.65. The molecule has 0 radical (unpaired) electrons. The molecule has 0 amide bonds. The number of hydrogen-bond acceptors (Lipinski definition) is 6. The van der Waals surface area contributed by atoms with E-state index in [9.17, 15) is 24.5 Å². The third-order valence-electron chi connectivity index (χ3n) is 3.72. The van der Waals surface area contributed by atoms with Crippen LogP contribution in [0.25, 0.3) is 12.2 Å². The molecule has 9 nitrogen and oxygen atoms in total. The summed E-state index contributed by atoms with van der Waals surface area (Å²) in [6, 6.07) is 13.1. The Balaban J connectivity index is 1.78. The molecule has 0 unspecified atom stereocenters. The van der Waals surface area contributed by atoms with Crippen LogP contribution in [0.3, 0.4) is 0 Å². The van der Waals surface area contributed by atoms with Gasteiger partial charge in [-0.2, -0.15) is 0 Å². The normalized spacial score (nSPS) is 10.8. The molecule has 1 aromatic heterocycles. The van der Waals surface area contributed by atoms with Crippen LogP contribution in [0.4, 0.5) is 5.69 Å². The number of nitro groups is 1. The lowest BCUT2D eigenvalue weighted by molar-refractivity contribution is -0.386. The van der Waals surface area contributed by atoms with E-state index >= 15 is 0 Å². The van der Waals surface area contributed by atoms with E-state index in [1.54, 1.807) is 48.5 Å². The first-order chi connectivity index (χ1) is 13.8. The number of rotatable bonds is 5. The predicted molar refractivity (Wildman–Crippen MR) is 109 cm³/mol. The Kier molecular flexibility index (Phi) is 5.84. The molecule has 0 atom stereocenters. The van der Waals surface area contributed by atoms with Gasteiger partial charge in [0.15, 0.2) is 0 Å². The molecule has 0 aliphatic carbocycles. The zero-order chi connectivity index (χ0) is 21.0. The zero-order valence-corrected chi connectivity index (χ0v) is 16.1. The van der Waals surface area contributed by atoms with Crippen molar-refractivity contribution in [3.8, 4) is 5.75 Å². The van der Waals surface area contributed by atoms with E-state index in [4.69, 9.17) is 4.74 Å². The number of nitrogens with one attached hydrogen (secondary N) is 2. The van der Waals surface area contributed by atoms with Crippen molar-refractivity contribution in [1.82, 2.24) is 9.97 Å². The molecule has 0 saturated carbocycles. The number of carbonyl (C=O) groups excluding carboxylic acids is 1. The number of carbonyl (C=O) groups is 1. The fourth-order valence-electron chi connectivity index (χ4n) is 2.41. The van der Waals surface area contributed by atoms with E-state index in [0.29, 0.717) is 16.9 Å². The molecule has 0 bridgehead atoms. The van der Waals surface area contributed by atoms with Gasteiger partial charge >= 0.3 is 22.9 Å². The standard InChI is InChI=1S/C19H12BrN3O6/c20-13-3-1-2-12(10-13)18(25)29-14-7-4-11(5-8-14)6-9-15-16(23(27)28)17(24)22-19(26)21-15/h1-10H,(H2,21,22,24,26). The molecule has 2 aromatic carbocycles. The molecule has 0 aliphatic rings. The molecule has 0 fully saturated rings. The van der Waals surface area contributed by atoms with Crippen LogP contribution in [0.15, 0.2) is 62.6 Å². The summed E-state index contributed by atoms with van der Waals surface area (Å²) in [5, 5.41) is 11.0. The molecule has 0 spiro atoms. The van der Waals surface area contributed by atoms with E-state index in [1.165, 1.54) is 12.2 Å². The maximum Gasteiger partial charge on any atom is 0.357 e. The summed E-state index contributed by atoms with van der Waals surface area (Å²) >= 11 is 3.28. The Morgan fingerprint density at radius 1 is 1.07 bits per heavy atom. The molecule has 3 aromatic rings. The SMILES string of the molecule is O=C(Oc1ccc(C=Cc2[nH]c(=O)[nH]c(=O)c2[N+](=O)[O-])cc1)c1cccc(Br)c1. The van der Waals surface area contributed by atoms with E-state index in [0.717, 1.165) is 4.47 Å². The first-order valence-corrected chi connectivity index (χ1v) is 8.89. The molecule has 2 N–H and O–H groups in total. The molecule has 1 heterocycles. The fraction of sp³-hybridized carbons (Fsp3) is 0. The Labute approximate surface area is 171 Å². The van der Waals surface area contributed by atoms with E-state index in [1.807, 2.05) is 4.98 Å². The van der Waals surface area contributed by atoms with Crippen LogP contribution in [-0.2, 0) is 0 Å². The number of halogens is 1. The third-order valence-corrected chi connectivity index (χ3v) is 4.21. The smallest absolute Gasteiger partial charge is 0.357 e. The van der Waals surface area contributed by atoms with Crippen LogP contribution in [0, 0.1) is 10.1 Å². The summed E-state index contributed by atoms with van der Waals surface area (Å²) < 4.78 is 6.04.